The van der Waals surface area contributed by atoms with E-state index in [-0.39, 0.29) is 11.9 Å². The zero-order valence-corrected chi connectivity index (χ0v) is 11.0. The van der Waals surface area contributed by atoms with Crippen molar-refractivity contribution in [2.45, 2.75) is 13.0 Å². The van der Waals surface area contributed by atoms with Crippen LogP contribution in [-0.2, 0) is 0 Å². The van der Waals surface area contributed by atoms with E-state index in [1.165, 1.54) is 0 Å². The maximum Gasteiger partial charge on any atom is 0.251 e. The predicted molar refractivity (Wildman–Crippen MR) is 75.3 cm³/mol. The third-order valence-electron chi connectivity index (χ3n) is 3.11. The quantitative estimate of drug-likeness (QED) is 0.790. The molecule has 1 unspecified atom stereocenters. The van der Waals surface area contributed by atoms with Crippen LogP contribution in [-0.4, -0.2) is 20.5 Å². The molecule has 5 nitrogen and oxygen atoms in total. The van der Waals surface area contributed by atoms with Crippen molar-refractivity contribution in [2.24, 2.45) is 0 Å². The highest BCUT2D eigenvalue weighted by molar-refractivity contribution is 5.94. The van der Waals surface area contributed by atoms with Gasteiger partial charge in [0.25, 0.3) is 5.91 Å². The van der Waals surface area contributed by atoms with Gasteiger partial charge in [-0.05, 0) is 31.2 Å². The molecule has 0 saturated heterocycles. The molecular formula is C15H14N4O. The lowest BCUT2D eigenvalue weighted by molar-refractivity contribution is 0.0938. The highest BCUT2D eigenvalue weighted by Gasteiger charge is 2.16. The van der Waals surface area contributed by atoms with Gasteiger partial charge in [0.1, 0.15) is 0 Å². The number of aromatic nitrogens is 3. The highest BCUT2D eigenvalue weighted by atomic mass is 16.1. The molecular weight excluding hydrogens is 252 g/mol. The van der Waals surface area contributed by atoms with E-state index in [0.29, 0.717) is 11.4 Å². The number of nitrogens with zero attached hydrogens (tertiary/aromatic N) is 3. The van der Waals surface area contributed by atoms with Crippen LogP contribution in [0.25, 0.3) is 5.65 Å². The van der Waals surface area contributed by atoms with Crippen molar-refractivity contribution in [3.8, 4) is 0 Å². The minimum absolute atomic E-state index is 0.120. The summed E-state index contributed by atoms with van der Waals surface area (Å²) in [6.07, 6.45) is 1.88. The summed E-state index contributed by atoms with van der Waals surface area (Å²) < 4.78 is 1.87. The fourth-order valence-electron chi connectivity index (χ4n) is 2.09. The molecule has 0 saturated carbocycles. The van der Waals surface area contributed by atoms with E-state index in [2.05, 4.69) is 15.5 Å². The van der Waals surface area contributed by atoms with Crippen LogP contribution in [0.2, 0.25) is 0 Å². The maximum absolute atomic E-state index is 12.1. The minimum Gasteiger partial charge on any atom is -0.342 e. The molecule has 0 aliphatic carbocycles. The average Bonchev–Trinajstić information content (AvgIpc) is 2.92. The summed E-state index contributed by atoms with van der Waals surface area (Å²) in [5.41, 5.74) is 1.40. The topological polar surface area (TPSA) is 59.3 Å². The van der Waals surface area contributed by atoms with Gasteiger partial charge in [0.2, 0.25) is 0 Å². The van der Waals surface area contributed by atoms with Gasteiger partial charge in [0, 0.05) is 11.8 Å². The molecule has 1 aromatic carbocycles. The summed E-state index contributed by atoms with van der Waals surface area (Å²) >= 11 is 0. The molecule has 0 aliphatic rings. The zero-order chi connectivity index (χ0) is 13.9. The molecule has 1 atom stereocenters. The largest absolute Gasteiger partial charge is 0.342 e. The van der Waals surface area contributed by atoms with Crippen LogP contribution in [0.15, 0.2) is 54.7 Å². The lowest BCUT2D eigenvalue weighted by atomic mass is 10.2. The molecule has 1 amide bonds. The summed E-state index contributed by atoms with van der Waals surface area (Å²) in [5.74, 6) is 0.593. The standard InChI is InChI=1S/C15H14N4O/c1-11(16-15(20)12-7-3-2-4-8-12)14-18-17-13-9-5-6-10-19(13)14/h2-11H,1H3,(H,16,20). The van der Waals surface area contributed by atoms with Crippen molar-refractivity contribution in [3.05, 3.63) is 66.1 Å². The van der Waals surface area contributed by atoms with Crippen LogP contribution in [0, 0.1) is 0 Å². The molecule has 0 radical (unpaired) electrons. The summed E-state index contributed by atoms with van der Waals surface area (Å²) in [7, 11) is 0. The van der Waals surface area contributed by atoms with Crippen molar-refractivity contribution in [2.75, 3.05) is 0 Å². The predicted octanol–water partition coefficient (Wildman–Crippen LogP) is 2.22. The number of amides is 1. The van der Waals surface area contributed by atoms with Gasteiger partial charge in [0.15, 0.2) is 11.5 Å². The first-order valence-corrected chi connectivity index (χ1v) is 6.41. The number of hydrogen-bond donors (Lipinski definition) is 1. The smallest absolute Gasteiger partial charge is 0.251 e. The van der Waals surface area contributed by atoms with Crippen LogP contribution in [0.5, 0.6) is 0 Å². The third kappa shape index (κ3) is 2.25. The number of benzene rings is 1. The van der Waals surface area contributed by atoms with Gasteiger partial charge >= 0.3 is 0 Å². The Balaban J connectivity index is 1.83. The molecule has 1 N–H and O–H groups in total. The van der Waals surface area contributed by atoms with Crippen LogP contribution in [0.3, 0.4) is 0 Å². The van der Waals surface area contributed by atoms with E-state index in [1.54, 1.807) is 12.1 Å². The van der Waals surface area contributed by atoms with Crippen molar-refractivity contribution in [1.29, 1.82) is 0 Å². The summed E-state index contributed by atoms with van der Waals surface area (Å²) in [4.78, 5) is 12.1. The van der Waals surface area contributed by atoms with Crippen LogP contribution in [0.1, 0.15) is 29.1 Å². The monoisotopic (exact) mass is 266 g/mol. The first kappa shape index (κ1) is 12.3. The first-order chi connectivity index (χ1) is 9.75. The Bertz CT molecular complexity index is 736. The molecule has 0 spiro atoms. The van der Waals surface area contributed by atoms with Crippen molar-refractivity contribution in [3.63, 3.8) is 0 Å². The van der Waals surface area contributed by atoms with Gasteiger partial charge in [-0.1, -0.05) is 24.3 Å². The average molecular weight is 266 g/mol. The molecule has 2 aromatic heterocycles. The Morgan fingerprint density at radius 2 is 1.85 bits per heavy atom. The van der Waals surface area contributed by atoms with Gasteiger partial charge in [-0.3, -0.25) is 9.20 Å². The minimum atomic E-state index is -0.222. The zero-order valence-electron chi connectivity index (χ0n) is 11.0. The molecule has 0 bridgehead atoms. The highest BCUT2D eigenvalue weighted by Crippen LogP contribution is 2.12. The molecule has 2 heterocycles. The fourth-order valence-corrected chi connectivity index (χ4v) is 2.09. The fraction of sp³-hybridized carbons (Fsp3) is 0.133. The Morgan fingerprint density at radius 1 is 1.10 bits per heavy atom. The van der Waals surface area contributed by atoms with Gasteiger partial charge in [-0.2, -0.15) is 0 Å². The summed E-state index contributed by atoms with van der Waals surface area (Å²) in [6, 6.07) is 14.6. The van der Waals surface area contributed by atoms with Crippen LogP contribution < -0.4 is 5.32 Å². The SMILES string of the molecule is CC(NC(=O)c1ccccc1)c1nnc2ccccn12. The second-order valence-corrected chi connectivity index (χ2v) is 4.55. The third-order valence-corrected chi connectivity index (χ3v) is 3.11. The van der Waals surface area contributed by atoms with Gasteiger partial charge < -0.3 is 5.32 Å². The van der Waals surface area contributed by atoms with Crippen molar-refractivity contribution in [1.82, 2.24) is 19.9 Å². The number of hydrogen-bond acceptors (Lipinski definition) is 3. The summed E-state index contributed by atoms with van der Waals surface area (Å²) in [5, 5.41) is 11.2. The first-order valence-electron chi connectivity index (χ1n) is 6.41. The Morgan fingerprint density at radius 3 is 2.65 bits per heavy atom. The summed E-state index contributed by atoms with van der Waals surface area (Å²) in [6.45, 7) is 1.89. The van der Waals surface area contributed by atoms with E-state index < -0.39 is 0 Å². The molecule has 100 valence electrons. The number of nitrogens with one attached hydrogen (secondary N) is 1. The molecule has 0 fully saturated rings. The van der Waals surface area contributed by atoms with Gasteiger partial charge in [0.05, 0.1) is 6.04 Å². The second kappa shape index (κ2) is 5.13. The van der Waals surface area contributed by atoms with Crippen LogP contribution in [0.4, 0.5) is 0 Å². The lowest BCUT2D eigenvalue weighted by Gasteiger charge is -2.12. The normalized spacial score (nSPS) is 12.2. The Kier molecular flexibility index (Phi) is 3.16. The van der Waals surface area contributed by atoms with E-state index in [4.69, 9.17) is 0 Å². The number of carbonyl (C=O) groups excluding carboxylic acids is 1. The lowest BCUT2D eigenvalue weighted by Crippen LogP contribution is -2.27. The molecule has 20 heavy (non-hydrogen) atoms. The molecule has 3 aromatic rings. The van der Waals surface area contributed by atoms with Crippen molar-refractivity contribution >= 4 is 11.6 Å². The maximum atomic E-state index is 12.1. The molecule has 5 heteroatoms. The Hall–Kier alpha value is -2.69. The van der Waals surface area contributed by atoms with Crippen LogP contribution >= 0.6 is 0 Å². The molecule has 0 aliphatic heterocycles. The number of fused-ring (bicyclic) bond motifs is 1. The van der Waals surface area contributed by atoms with Gasteiger partial charge in [-0.15, -0.1) is 10.2 Å². The van der Waals surface area contributed by atoms with E-state index in [1.807, 2.05) is 53.9 Å². The number of pyridine rings is 1. The number of rotatable bonds is 3. The number of carbonyl (C=O) groups is 1. The van der Waals surface area contributed by atoms with Crippen molar-refractivity contribution < 1.29 is 4.79 Å². The Labute approximate surface area is 116 Å². The second-order valence-electron chi connectivity index (χ2n) is 4.55. The van der Waals surface area contributed by atoms with E-state index >= 15 is 0 Å². The van der Waals surface area contributed by atoms with E-state index in [9.17, 15) is 4.79 Å². The van der Waals surface area contributed by atoms with Gasteiger partial charge in [-0.25, -0.2) is 0 Å². The molecule has 3 rings (SSSR count). The van der Waals surface area contributed by atoms with E-state index in [0.717, 1.165) is 5.65 Å².